The predicted octanol–water partition coefficient (Wildman–Crippen LogP) is 3.21. The molecule has 0 saturated carbocycles. The van der Waals surface area contributed by atoms with E-state index in [0.717, 1.165) is 29.2 Å². The maximum absolute atomic E-state index is 5.98. The van der Waals surface area contributed by atoms with Crippen molar-refractivity contribution in [2.24, 2.45) is 0 Å². The fourth-order valence-electron chi connectivity index (χ4n) is 2.05. The quantitative estimate of drug-likeness (QED) is 0.764. The molecule has 2 rings (SSSR count). The summed E-state index contributed by atoms with van der Waals surface area (Å²) < 4.78 is 13.0. The van der Waals surface area contributed by atoms with Gasteiger partial charge in [-0.1, -0.05) is 6.07 Å². The highest BCUT2D eigenvalue weighted by atomic mass is 35.5. The van der Waals surface area contributed by atoms with E-state index >= 15 is 0 Å². The number of imidazole rings is 1. The molecule has 0 aliphatic heterocycles. The Morgan fingerprint density at radius 2 is 2.16 bits per heavy atom. The van der Waals surface area contributed by atoms with Gasteiger partial charge in [-0.05, 0) is 26.0 Å². The van der Waals surface area contributed by atoms with Crippen LogP contribution >= 0.6 is 11.6 Å². The Balaban J connectivity index is 2.49. The monoisotopic (exact) mass is 282 g/mol. The van der Waals surface area contributed by atoms with E-state index in [0.29, 0.717) is 12.5 Å². The van der Waals surface area contributed by atoms with Gasteiger partial charge < -0.3 is 14.0 Å². The first-order valence-electron chi connectivity index (χ1n) is 6.37. The van der Waals surface area contributed by atoms with Crippen LogP contribution in [0, 0.1) is 0 Å². The van der Waals surface area contributed by atoms with Gasteiger partial charge in [-0.25, -0.2) is 4.98 Å². The fourth-order valence-corrected chi connectivity index (χ4v) is 2.26. The third kappa shape index (κ3) is 3.01. The van der Waals surface area contributed by atoms with Crippen molar-refractivity contribution < 1.29 is 9.47 Å². The van der Waals surface area contributed by atoms with E-state index in [9.17, 15) is 0 Å². The van der Waals surface area contributed by atoms with E-state index in [1.807, 2.05) is 32.0 Å². The Hall–Kier alpha value is -1.26. The normalized spacial score (nSPS) is 11.4. The molecule has 0 fully saturated rings. The Morgan fingerprint density at radius 3 is 2.79 bits per heavy atom. The second-order valence-corrected chi connectivity index (χ2v) is 4.86. The number of rotatable bonds is 6. The van der Waals surface area contributed by atoms with E-state index in [1.165, 1.54) is 0 Å². The lowest BCUT2D eigenvalue weighted by Gasteiger charge is -2.10. The topological polar surface area (TPSA) is 36.3 Å². The maximum atomic E-state index is 5.98. The molecule has 0 spiro atoms. The summed E-state index contributed by atoms with van der Waals surface area (Å²) in [5.41, 5.74) is 1.90. The molecule has 104 valence electrons. The first-order valence-corrected chi connectivity index (χ1v) is 6.90. The van der Waals surface area contributed by atoms with Gasteiger partial charge in [0.05, 0.1) is 24.1 Å². The van der Waals surface area contributed by atoms with Gasteiger partial charge in [-0.2, -0.15) is 0 Å². The van der Waals surface area contributed by atoms with Crippen LogP contribution in [0.5, 0.6) is 5.75 Å². The lowest BCUT2D eigenvalue weighted by molar-refractivity contribution is 0.187. The summed E-state index contributed by atoms with van der Waals surface area (Å²) in [4.78, 5) is 4.59. The van der Waals surface area contributed by atoms with Crippen molar-refractivity contribution in [2.75, 3.05) is 13.7 Å². The Morgan fingerprint density at radius 1 is 1.37 bits per heavy atom. The SMILES string of the molecule is COCCn1c(CCl)nc2c(OC(C)C)cccc21. The number of hydrogen-bond donors (Lipinski definition) is 0. The highest BCUT2D eigenvalue weighted by Gasteiger charge is 2.14. The van der Waals surface area contributed by atoms with Crippen LogP contribution in [0.3, 0.4) is 0 Å². The minimum atomic E-state index is 0.120. The van der Waals surface area contributed by atoms with Crippen molar-refractivity contribution in [1.29, 1.82) is 0 Å². The largest absolute Gasteiger partial charge is 0.489 e. The van der Waals surface area contributed by atoms with Gasteiger partial charge in [0.25, 0.3) is 0 Å². The molecule has 5 heteroatoms. The zero-order valence-corrected chi connectivity index (χ0v) is 12.3. The Bertz CT molecular complexity index is 552. The van der Waals surface area contributed by atoms with Crippen LogP contribution in [0.4, 0.5) is 0 Å². The summed E-state index contributed by atoms with van der Waals surface area (Å²) in [6.45, 7) is 5.37. The minimum Gasteiger partial charge on any atom is -0.489 e. The second-order valence-electron chi connectivity index (χ2n) is 4.60. The third-order valence-electron chi connectivity index (χ3n) is 2.82. The van der Waals surface area contributed by atoms with Crippen LogP contribution in [0.25, 0.3) is 11.0 Å². The van der Waals surface area contributed by atoms with Gasteiger partial charge in [-0.15, -0.1) is 11.6 Å². The third-order valence-corrected chi connectivity index (χ3v) is 3.06. The summed E-state index contributed by atoms with van der Waals surface area (Å²) >= 11 is 5.98. The van der Waals surface area contributed by atoms with E-state index in [-0.39, 0.29) is 6.10 Å². The first kappa shape index (κ1) is 14.2. The van der Waals surface area contributed by atoms with E-state index in [4.69, 9.17) is 21.1 Å². The molecule has 0 amide bonds. The van der Waals surface area contributed by atoms with Crippen LogP contribution in [0.1, 0.15) is 19.7 Å². The van der Waals surface area contributed by atoms with Crippen LogP contribution in [-0.4, -0.2) is 29.4 Å². The number of nitrogens with zero attached hydrogens (tertiary/aromatic N) is 2. The lowest BCUT2D eigenvalue weighted by atomic mass is 10.3. The molecule has 0 bridgehead atoms. The van der Waals surface area contributed by atoms with Gasteiger partial charge in [0.2, 0.25) is 0 Å². The number of ether oxygens (including phenoxy) is 2. The highest BCUT2D eigenvalue weighted by molar-refractivity contribution is 6.16. The number of alkyl halides is 1. The molecule has 1 aromatic carbocycles. The number of halogens is 1. The average molecular weight is 283 g/mol. The molecule has 1 heterocycles. The number of para-hydroxylation sites is 1. The summed E-state index contributed by atoms with van der Waals surface area (Å²) in [5.74, 6) is 2.02. The molecule has 1 aromatic heterocycles. The second kappa shape index (κ2) is 6.26. The van der Waals surface area contributed by atoms with Crippen molar-refractivity contribution in [3.05, 3.63) is 24.0 Å². The molecule has 19 heavy (non-hydrogen) atoms. The van der Waals surface area contributed by atoms with E-state index in [2.05, 4.69) is 9.55 Å². The highest BCUT2D eigenvalue weighted by Crippen LogP contribution is 2.27. The van der Waals surface area contributed by atoms with Crippen molar-refractivity contribution >= 4 is 22.6 Å². The fraction of sp³-hybridized carbons (Fsp3) is 0.500. The molecule has 2 aromatic rings. The number of fused-ring (bicyclic) bond motifs is 1. The summed E-state index contributed by atoms with van der Waals surface area (Å²) in [5, 5.41) is 0. The van der Waals surface area contributed by atoms with Crippen LogP contribution in [0.2, 0.25) is 0 Å². The van der Waals surface area contributed by atoms with Gasteiger partial charge in [0.15, 0.2) is 0 Å². The number of hydrogen-bond acceptors (Lipinski definition) is 3. The average Bonchev–Trinajstić information content (AvgIpc) is 2.74. The standard InChI is InChI=1S/C14H19ClN2O2/c1-10(2)19-12-6-4-5-11-14(12)16-13(9-15)17(11)7-8-18-3/h4-6,10H,7-9H2,1-3H3. The van der Waals surface area contributed by atoms with Gasteiger partial charge in [0, 0.05) is 13.7 Å². The molecule has 4 nitrogen and oxygen atoms in total. The molecular weight excluding hydrogens is 264 g/mol. The lowest BCUT2D eigenvalue weighted by Crippen LogP contribution is -2.07. The van der Waals surface area contributed by atoms with Crippen molar-refractivity contribution in [2.45, 2.75) is 32.4 Å². The molecule has 0 aliphatic carbocycles. The molecule has 0 radical (unpaired) electrons. The van der Waals surface area contributed by atoms with Gasteiger partial charge in [0.1, 0.15) is 17.1 Å². The summed E-state index contributed by atoms with van der Waals surface area (Å²) in [7, 11) is 1.69. The zero-order chi connectivity index (χ0) is 13.8. The smallest absolute Gasteiger partial charge is 0.147 e. The maximum Gasteiger partial charge on any atom is 0.147 e. The van der Waals surface area contributed by atoms with Crippen LogP contribution in [-0.2, 0) is 17.2 Å². The number of benzene rings is 1. The molecule has 0 atom stereocenters. The summed E-state index contributed by atoms with van der Waals surface area (Å²) in [6, 6.07) is 5.94. The molecule has 0 aliphatic rings. The van der Waals surface area contributed by atoms with Gasteiger partial charge >= 0.3 is 0 Å². The van der Waals surface area contributed by atoms with Crippen molar-refractivity contribution in [3.63, 3.8) is 0 Å². The van der Waals surface area contributed by atoms with E-state index < -0.39 is 0 Å². The van der Waals surface area contributed by atoms with Crippen LogP contribution < -0.4 is 4.74 Å². The predicted molar refractivity (Wildman–Crippen MR) is 76.9 cm³/mol. The molecule has 0 unspecified atom stereocenters. The molecule has 0 saturated heterocycles. The Labute approximate surface area is 118 Å². The first-order chi connectivity index (χ1) is 9.17. The minimum absolute atomic E-state index is 0.120. The zero-order valence-electron chi connectivity index (χ0n) is 11.5. The van der Waals surface area contributed by atoms with Crippen molar-refractivity contribution in [1.82, 2.24) is 9.55 Å². The van der Waals surface area contributed by atoms with Gasteiger partial charge in [-0.3, -0.25) is 0 Å². The summed E-state index contributed by atoms with van der Waals surface area (Å²) in [6.07, 6.45) is 0.120. The number of methoxy groups -OCH3 is 1. The van der Waals surface area contributed by atoms with Crippen LogP contribution in [0.15, 0.2) is 18.2 Å². The molecular formula is C14H19ClN2O2. The van der Waals surface area contributed by atoms with Crippen molar-refractivity contribution in [3.8, 4) is 5.75 Å². The van der Waals surface area contributed by atoms with E-state index in [1.54, 1.807) is 7.11 Å². The number of aromatic nitrogens is 2. The Kier molecular flexibility index (Phi) is 4.66. The molecule has 0 N–H and O–H groups in total.